The molecule has 2 unspecified atom stereocenters. The van der Waals surface area contributed by atoms with Crippen LogP contribution in [-0.2, 0) is 6.42 Å². The van der Waals surface area contributed by atoms with Gasteiger partial charge in [-0.3, -0.25) is 0 Å². The predicted octanol–water partition coefficient (Wildman–Crippen LogP) is 2.39. The van der Waals surface area contributed by atoms with Crippen LogP contribution in [0.25, 0.3) is 0 Å². The van der Waals surface area contributed by atoms with E-state index in [1.165, 1.54) is 0 Å². The number of rotatable bonds is 2. The van der Waals surface area contributed by atoms with Crippen LogP contribution in [0.3, 0.4) is 0 Å². The summed E-state index contributed by atoms with van der Waals surface area (Å²) in [7, 11) is 0. The second-order valence-electron chi connectivity index (χ2n) is 4.13. The fraction of sp³-hybridized carbons (Fsp3) is 0.636. The molecule has 0 aromatic carbocycles. The van der Waals surface area contributed by atoms with Crippen molar-refractivity contribution in [1.82, 2.24) is 0 Å². The minimum Gasteiger partial charge on any atom is -0.469 e. The minimum atomic E-state index is -0.561. The average Bonchev–Trinajstić information content (AvgIpc) is 2.62. The van der Waals surface area contributed by atoms with E-state index >= 15 is 0 Å². The van der Waals surface area contributed by atoms with Gasteiger partial charge in [0.25, 0.3) is 0 Å². The van der Waals surface area contributed by atoms with E-state index in [9.17, 15) is 5.11 Å². The van der Waals surface area contributed by atoms with Crippen molar-refractivity contribution >= 4 is 11.8 Å². The zero-order chi connectivity index (χ0) is 10.2. The maximum Gasteiger partial charge on any atom is 0.106 e. The highest BCUT2D eigenvalue weighted by atomic mass is 32.2. The molecule has 2 nitrogen and oxygen atoms in total. The van der Waals surface area contributed by atoms with Crippen LogP contribution < -0.4 is 0 Å². The summed E-state index contributed by atoms with van der Waals surface area (Å²) in [4.78, 5) is 0. The maximum absolute atomic E-state index is 10.3. The first kappa shape index (κ1) is 10.1. The third-order valence-corrected chi connectivity index (χ3v) is 4.30. The molecular formula is C11H16O2S. The van der Waals surface area contributed by atoms with E-state index in [-0.39, 0.29) is 0 Å². The Kier molecular flexibility index (Phi) is 2.62. The quantitative estimate of drug-likeness (QED) is 0.817. The Bertz CT molecular complexity index is 321. The fourth-order valence-corrected chi connectivity index (χ4v) is 3.22. The average molecular weight is 212 g/mol. The molecule has 1 fully saturated rings. The Morgan fingerprint density at radius 3 is 3.00 bits per heavy atom. The van der Waals surface area contributed by atoms with E-state index in [0.717, 1.165) is 23.5 Å². The molecule has 78 valence electrons. The number of aliphatic hydroxyl groups is 1. The highest BCUT2D eigenvalue weighted by molar-refractivity contribution is 8.00. The summed E-state index contributed by atoms with van der Waals surface area (Å²) in [6.45, 7) is 4.09. The third kappa shape index (κ3) is 1.84. The number of hydrogen-bond acceptors (Lipinski definition) is 3. The first-order valence-corrected chi connectivity index (χ1v) is 6.03. The Labute approximate surface area is 88.7 Å². The zero-order valence-electron chi connectivity index (χ0n) is 8.62. The highest BCUT2D eigenvalue weighted by Gasteiger charge is 2.39. The fourth-order valence-electron chi connectivity index (χ4n) is 1.89. The summed E-state index contributed by atoms with van der Waals surface area (Å²) in [5, 5.41) is 10.7. The predicted molar refractivity (Wildman–Crippen MR) is 58.6 cm³/mol. The van der Waals surface area contributed by atoms with Gasteiger partial charge in [0.2, 0.25) is 0 Å². The van der Waals surface area contributed by atoms with Gasteiger partial charge >= 0.3 is 0 Å². The van der Waals surface area contributed by atoms with E-state index < -0.39 is 5.60 Å². The molecule has 1 aliphatic rings. The lowest BCUT2D eigenvalue weighted by Crippen LogP contribution is -2.36. The number of aryl methyl sites for hydroxylation is 1. The van der Waals surface area contributed by atoms with Crippen molar-refractivity contribution < 1.29 is 9.52 Å². The summed E-state index contributed by atoms with van der Waals surface area (Å²) in [5.74, 6) is 1.96. The summed E-state index contributed by atoms with van der Waals surface area (Å²) >= 11 is 1.84. The molecule has 1 saturated heterocycles. The van der Waals surface area contributed by atoms with Crippen molar-refractivity contribution in [2.45, 2.75) is 37.5 Å². The SMILES string of the molecule is Cc1coc(CC2(O)CCSC2C)c1. The van der Waals surface area contributed by atoms with Crippen molar-refractivity contribution in [2.75, 3.05) is 5.75 Å². The van der Waals surface area contributed by atoms with E-state index in [1.54, 1.807) is 6.26 Å². The van der Waals surface area contributed by atoms with Crippen molar-refractivity contribution in [3.8, 4) is 0 Å². The van der Waals surface area contributed by atoms with Gasteiger partial charge in [0.05, 0.1) is 11.9 Å². The molecule has 2 heterocycles. The molecule has 0 saturated carbocycles. The lowest BCUT2D eigenvalue weighted by atomic mass is 9.92. The molecule has 2 rings (SSSR count). The molecule has 3 heteroatoms. The molecule has 1 aromatic heterocycles. The van der Waals surface area contributed by atoms with Gasteiger partial charge in [-0.15, -0.1) is 0 Å². The molecule has 0 spiro atoms. The summed E-state index contributed by atoms with van der Waals surface area (Å²) in [6.07, 6.45) is 3.26. The smallest absolute Gasteiger partial charge is 0.106 e. The topological polar surface area (TPSA) is 33.4 Å². The standard InChI is InChI=1S/C11H16O2S/c1-8-5-10(13-7-8)6-11(12)3-4-14-9(11)2/h5,7,9,12H,3-4,6H2,1-2H3. The first-order valence-electron chi connectivity index (χ1n) is 4.98. The van der Waals surface area contributed by atoms with Gasteiger partial charge in [0, 0.05) is 11.7 Å². The van der Waals surface area contributed by atoms with Crippen LogP contribution in [0.1, 0.15) is 24.7 Å². The molecule has 0 radical (unpaired) electrons. The Morgan fingerprint density at radius 2 is 2.50 bits per heavy atom. The van der Waals surface area contributed by atoms with Gasteiger partial charge in [0.15, 0.2) is 0 Å². The molecule has 0 amide bonds. The van der Waals surface area contributed by atoms with Crippen LogP contribution in [0.5, 0.6) is 0 Å². The molecule has 1 N–H and O–H groups in total. The molecule has 0 bridgehead atoms. The second-order valence-corrected chi connectivity index (χ2v) is 5.58. The normalized spacial score (nSPS) is 32.4. The first-order chi connectivity index (χ1) is 6.60. The Hall–Kier alpha value is -0.410. The van der Waals surface area contributed by atoms with Gasteiger partial charge in [-0.25, -0.2) is 0 Å². The largest absolute Gasteiger partial charge is 0.469 e. The van der Waals surface area contributed by atoms with Gasteiger partial charge in [-0.05, 0) is 30.7 Å². The van der Waals surface area contributed by atoms with Gasteiger partial charge in [-0.1, -0.05) is 6.92 Å². The molecular weight excluding hydrogens is 196 g/mol. The molecule has 1 aromatic rings. The zero-order valence-corrected chi connectivity index (χ0v) is 9.43. The molecule has 14 heavy (non-hydrogen) atoms. The third-order valence-electron chi connectivity index (χ3n) is 2.92. The van der Waals surface area contributed by atoms with E-state index in [2.05, 4.69) is 6.92 Å². The van der Waals surface area contributed by atoms with Crippen LogP contribution >= 0.6 is 11.8 Å². The summed E-state index contributed by atoms with van der Waals surface area (Å²) in [5.41, 5.74) is 0.566. The van der Waals surface area contributed by atoms with Gasteiger partial charge in [0.1, 0.15) is 5.76 Å². The number of thioether (sulfide) groups is 1. The number of furan rings is 1. The second kappa shape index (κ2) is 3.63. The van der Waals surface area contributed by atoms with Crippen molar-refractivity contribution in [3.63, 3.8) is 0 Å². The van der Waals surface area contributed by atoms with Crippen molar-refractivity contribution in [1.29, 1.82) is 0 Å². The Morgan fingerprint density at radius 1 is 1.71 bits per heavy atom. The molecule has 0 aliphatic carbocycles. The lowest BCUT2D eigenvalue weighted by Gasteiger charge is -2.25. The molecule has 2 atom stereocenters. The summed E-state index contributed by atoms with van der Waals surface area (Å²) in [6, 6.07) is 2.01. The highest BCUT2D eigenvalue weighted by Crippen LogP contribution is 2.38. The minimum absolute atomic E-state index is 0.313. The number of hydrogen-bond donors (Lipinski definition) is 1. The molecule has 1 aliphatic heterocycles. The van der Waals surface area contributed by atoms with Crippen LogP contribution in [0.4, 0.5) is 0 Å². The lowest BCUT2D eigenvalue weighted by molar-refractivity contribution is 0.0414. The summed E-state index contributed by atoms with van der Waals surface area (Å²) < 4.78 is 5.37. The van der Waals surface area contributed by atoms with E-state index in [0.29, 0.717) is 11.7 Å². The van der Waals surface area contributed by atoms with Crippen LogP contribution in [0.2, 0.25) is 0 Å². The monoisotopic (exact) mass is 212 g/mol. The van der Waals surface area contributed by atoms with Crippen LogP contribution in [0, 0.1) is 6.92 Å². The maximum atomic E-state index is 10.3. The van der Waals surface area contributed by atoms with Crippen molar-refractivity contribution in [3.05, 3.63) is 23.7 Å². The van der Waals surface area contributed by atoms with Crippen LogP contribution in [0.15, 0.2) is 16.7 Å². The Balaban J connectivity index is 2.10. The van der Waals surface area contributed by atoms with E-state index in [4.69, 9.17) is 4.42 Å². The van der Waals surface area contributed by atoms with Crippen molar-refractivity contribution in [2.24, 2.45) is 0 Å². The van der Waals surface area contributed by atoms with Gasteiger partial charge in [-0.2, -0.15) is 11.8 Å². The van der Waals surface area contributed by atoms with Gasteiger partial charge < -0.3 is 9.52 Å². The van der Waals surface area contributed by atoms with E-state index in [1.807, 2.05) is 24.8 Å². The van der Waals surface area contributed by atoms with Crippen LogP contribution in [-0.4, -0.2) is 21.7 Å².